The van der Waals surface area contributed by atoms with E-state index in [0.29, 0.717) is 0 Å². The van der Waals surface area contributed by atoms with E-state index in [1.54, 1.807) is 0 Å². The molecule has 16 nitrogen and oxygen atoms in total. The number of carbonyl (C=O) groups excluding carboxylic acids is 2. The predicted molar refractivity (Wildman–Crippen MR) is 122 cm³/mol. The third-order valence-corrected chi connectivity index (χ3v) is 5.40. The van der Waals surface area contributed by atoms with Gasteiger partial charge in [-0.2, -0.15) is 22.0 Å². The molecule has 0 aromatic carbocycles. The number of thioether (sulfide) groups is 1. The maximum atomic E-state index is 11.8. The monoisotopic (exact) mass is 530 g/mol. The van der Waals surface area contributed by atoms with Crippen molar-refractivity contribution in [1.29, 1.82) is 0 Å². The van der Waals surface area contributed by atoms with Crippen LogP contribution in [0.2, 0.25) is 0 Å². The van der Waals surface area contributed by atoms with Crippen LogP contribution in [0.4, 0.5) is 0 Å². The molecule has 12 N–H and O–H groups in total. The summed E-state index contributed by atoms with van der Waals surface area (Å²) < 4.78 is 0. The minimum atomic E-state index is -1.83. The first-order valence-electron chi connectivity index (χ1n) is 10.3. The lowest BCUT2D eigenvalue weighted by atomic mass is 10.0. The number of carbonyl (C=O) groups is 2. The van der Waals surface area contributed by atoms with E-state index in [4.69, 9.17) is 10.2 Å². The van der Waals surface area contributed by atoms with Crippen LogP contribution in [0.1, 0.15) is 12.8 Å². The highest BCUT2D eigenvalue weighted by molar-refractivity contribution is 7.99. The second-order valence-corrected chi connectivity index (χ2v) is 8.30. The summed E-state index contributed by atoms with van der Waals surface area (Å²) in [4.78, 5) is 23.6. The minimum Gasteiger partial charge on any atom is -0.394 e. The summed E-state index contributed by atoms with van der Waals surface area (Å²) in [5, 5.41) is 100. The molecule has 0 aliphatic rings. The summed E-state index contributed by atoms with van der Waals surface area (Å²) in [5.74, 6) is -0.696. The molecule has 6 atom stereocenters. The van der Waals surface area contributed by atoms with Crippen molar-refractivity contribution in [2.75, 3.05) is 37.9 Å². The van der Waals surface area contributed by atoms with Crippen LogP contribution in [-0.4, -0.2) is 149 Å². The maximum Gasteiger partial charge on any atom is 0.240 e. The fourth-order valence-electron chi connectivity index (χ4n) is 2.23. The molecule has 204 valence electrons. The lowest BCUT2D eigenvalue weighted by Crippen LogP contribution is -2.45. The molecule has 0 bridgehead atoms. The first-order valence-corrected chi connectivity index (χ1v) is 11.5. The highest BCUT2D eigenvalue weighted by Crippen LogP contribution is 2.06. The number of hydrogen-bond donors (Lipinski definition) is 12. The van der Waals surface area contributed by atoms with Crippen LogP contribution in [0, 0.1) is 0 Å². The highest BCUT2D eigenvalue weighted by atomic mass is 32.2. The minimum absolute atomic E-state index is 0.0590. The van der Waals surface area contributed by atoms with Gasteiger partial charge in [0, 0.05) is 24.3 Å². The Hall–Kier alpha value is -1.77. The van der Waals surface area contributed by atoms with Crippen LogP contribution in [0.3, 0.4) is 0 Å². The molecule has 0 heterocycles. The lowest BCUT2D eigenvalue weighted by Gasteiger charge is -2.21. The van der Waals surface area contributed by atoms with Gasteiger partial charge < -0.3 is 51.1 Å². The molecule has 0 saturated carbocycles. The Balaban J connectivity index is 4.40. The third-order valence-electron chi connectivity index (χ3n) is 4.41. The Bertz CT molecular complexity index is 642. The normalized spacial score (nSPS) is 17.8. The van der Waals surface area contributed by atoms with Gasteiger partial charge in [-0.3, -0.25) is 9.59 Å². The third kappa shape index (κ3) is 12.7. The molecule has 0 aliphatic heterocycles. The van der Waals surface area contributed by atoms with Crippen molar-refractivity contribution in [2.45, 2.75) is 49.5 Å². The van der Waals surface area contributed by atoms with Crippen molar-refractivity contribution >= 4 is 35.0 Å². The fourth-order valence-corrected chi connectivity index (χ4v) is 3.10. The molecule has 0 unspecified atom stereocenters. The Morgan fingerprint density at radius 1 is 0.657 bits per heavy atom. The molecule has 0 spiro atoms. The number of nitrogens with one attached hydrogen (secondary N) is 2. The molecule has 0 aliphatic carbocycles. The van der Waals surface area contributed by atoms with Crippen molar-refractivity contribution in [2.24, 2.45) is 10.2 Å². The molecular formula is C18H34N4O12S. The summed E-state index contributed by atoms with van der Waals surface area (Å²) >= 11 is 1.21. The van der Waals surface area contributed by atoms with Crippen molar-refractivity contribution < 1.29 is 60.7 Å². The zero-order chi connectivity index (χ0) is 27.0. The van der Waals surface area contributed by atoms with Crippen LogP contribution in [0.15, 0.2) is 10.2 Å². The molecule has 0 aromatic heterocycles. The molecule has 0 saturated heterocycles. The van der Waals surface area contributed by atoms with Crippen LogP contribution >= 0.6 is 11.8 Å². The average molecular weight is 531 g/mol. The van der Waals surface area contributed by atoms with Crippen LogP contribution in [-0.2, 0) is 9.59 Å². The fraction of sp³-hybridized carbons (Fsp3) is 0.778. The second kappa shape index (κ2) is 18.5. The molecule has 0 radical (unpaired) electrons. The summed E-state index contributed by atoms with van der Waals surface area (Å²) in [6.45, 7) is -3.35. The van der Waals surface area contributed by atoms with E-state index in [2.05, 4.69) is 21.1 Å². The van der Waals surface area contributed by atoms with Crippen LogP contribution in [0.25, 0.3) is 0 Å². The smallest absolute Gasteiger partial charge is 0.240 e. The SMILES string of the molecule is O=C(CCSCCC(=O)NN=C(CO)[C@@H](O)[C@H](O)[C@H](O)CO)NN=C(CO)[C@@H](O)[C@H](O)[C@H](O)CO. The van der Waals surface area contributed by atoms with Crippen LogP contribution < -0.4 is 10.9 Å². The quantitative estimate of drug-likeness (QED) is 0.0446. The zero-order valence-corrected chi connectivity index (χ0v) is 19.5. The number of aliphatic hydroxyl groups is 10. The topological polar surface area (TPSA) is 285 Å². The first-order chi connectivity index (χ1) is 16.5. The molecule has 35 heavy (non-hydrogen) atoms. The highest BCUT2D eigenvalue weighted by Gasteiger charge is 2.29. The number of amides is 2. The van der Waals surface area contributed by atoms with E-state index in [-0.39, 0.29) is 24.3 Å². The lowest BCUT2D eigenvalue weighted by molar-refractivity contribution is -0.121. The Kier molecular flexibility index (Phi) is 17.6. The Morgan fingerprint density at radius 2 is 1.00 bits per heavy atom. The van der Waals surface area contributed by atoms with E-state index in [0.717, 1.165) is 0 Å². The number of rotatable bonds is 18. The van der Waals surface area contributed by atoms with Crippen molar-refractivity contribution in [3.63, 3.8) is 0 Å². The molecular weight excluding hydrogens is 496 g/mol. The molecule has 0 rings (SSSR count). The number of hydrogen-bond acceptors (Lipinski definition) is 15. The Labute approximate surface area is 204 Å². The largest absolute Gasteiger partial charge is 0.394 e. The molecule has 17 heteroatoms. The summed E-state index contributed by atoms with van der Waals surface area (Å²) in [5.41, 5.74) is 3.25. The second-order valence-electron chi connectivity index (χ2n) is 7.08. The van der Waals surface area contributed by atoms with Gasteiger partial charge in [0.1, 0.15) is 36.6 Å². The van der Waals surface area contributed by atoms with Gasteiger partial charge in [-0.1, -0.05) is 0 Å². The van der Waals surface area contributed by atoms with Crippen LogP contribution in [0.5, 0.6) is 0 Å². The van der Waals surface area contributed by atoms with Gasteiger partial charge >= 0.3 is 0 Å². The molecule has 2 amide bonds. The zero-order valence-electron chi connectivity index (χ0n) is 18.7. The van der Waals surface area contributed by atoms with Crippen molar-refractivity contribution in [1.82, 2.24) is 10.9 Å². The van der Waals surface area contributed by atoms with Gasteiger partial charge in [0.25, 0.3) is 0 Å². The summed E-state index contributed by atoms with van der Waals surface area (Å²) in [6, 6.07) is 0. The predicted octanol–water partition coefficient (Wildman–Crippen LogP) is -6.42. The first kappa shape index (κ1) is 33.2. The van der Waals surface area contributed by atoms with E-state index in [1.807, 2.05) is 0 Å². The maximum absolute atomic E-state index is 11.8. The van der Waals surface area contributed by atoms with Gasteiger partial charge in [0.2, 0.25) is 11.8 Å². The molecule has 0 aromatic rings. The summed E-state index contributed by atoms with van der Waals surface area (Å²) in [6.07, 6.45) is -10.8. The van der Waals surface area contributed by atoms with Gasteiger partial charge in [-0.25, -0.2) is 10.9 Å². The van der Waals surface area contributed by atoms with Gasteiger partial charge in [0.05, 0.1) is 37.9 Å². The number of nitrogens with zero attached hydrogens (tertiary/aromatic N) is 2. The Morgan fingerprint density at radius 3 is 1.29 bits per heavy atom. The van der Waals surface area contributed by atoms with E-state index < -0.39 is 86.3 Å². The van der Waals surface area contributed by atoms with E-state index >= 15 is 0 Å². The van der Waals surface area contributed by atoms with E-state index in [1.165, 1.54) is 11.8 Å². The van der Waals surface area contributed by atoms with Gasteiger partial charge in [0.15, 0.2) is 0 Å². The average Bonchev–Trinajstić information content (AvgIpc) is 2.86. The number of aliphatic hydroxyl groups excluding tert-OH is 10. The van der Waals surface area contributed by atoms with Crippen molar-refractivity contribution in [3.05, 3.63) is 0 Å². The molecule has 0 fully saturated rings. The number of hydrazone groups is 2. The van der Waals surface area contributed by atoms with E-state index in [9.17, 15) is 50.4 Å². The summed E-state index contributed by atoms with van der Waals surface area (Å²) in [7, 11) is 0. The van der Waals surface area contributed by atoms with Gasteiger partial charge in [-0.15, -0.1) is 0 Å². The standard InChI is InChI=1S/C18H34N4O12S/c23-5-9(15(31)17(33)11(27)7-25)19-21-13(29)1-3-35-4-2-14(30)22-20-10(6-24)16(32)18(34)12(28)8-26/h11-12,15-18,23-28,31-34H,1-8H2,(H,21,29)(H,22,30)/t11-,12-,15-,16-,17-,18-/m1/s1. The van der Waals surface area contributed by atoms with Gasteiger partial charge in [-0.05, 0) is 0 Å². The van der Waals surface area contributed by atoms with Crippen molar-refractivity contribution in [3.8, 4) is 0 Å².